The molecule has 0 saturated heterocycles. The topological polar surface area (TPSA) is 41.1 Å². The third-order valence-corrected chi connectivity index (χ3v) is 3.50. The maximum atomic E-state index is 12.4. The van der Waals surface area contributed by atoms with E-state index >= 15 is 0 Å². The summed E-state index contributed by atoms with van der Waals surface area (Å²) in [5, 5.41) is 6.44. The van der Waals surface area contributed by atoms with E-state index < -0.39 is 0 Å². The van der Waals surface area contributed by atoms with Crippen LogP contribution in [0.5, 0.6) is 0 Å². The van der Waals surface area contributed by atoms with Gasteiger partial charge in [0.2, 0.25) is 5.91 Å². The van der Waals surface area contributed by atoms with E-state index in [9.17, 15) is 4.79 Å². The first-order chi connectivity index (χ1) is 7.96. The SMILES string of the molecule is CCCC(C)(C)NC(=O)C(C)(C)CC(C)(C)NC. The molecule has 2 N–H and O–H groups in total. The van der Waals surface area contributed by atoms with Crippen LogP contribution in [0.2, 0.25) is 0 Å². The van der Waals surface area contributed by atoms with Crippen LogP contribution in [-0.2, 0) is 4.79 Å². The van der Waals surface area contributed by atoms with Crippen LogP contribution in [0, 0.1) is 5.41 Å². The van der Waals surface area contributed by atoms with Gasteiger partial charge in [-0.15, -0.1) is 0 Å². The fraction of sp³-hybridized carbons (Fsp3) is 0.933. The smallest absolute Gasteiger partial charge is 0.226 e. The van der Waals surface area contributed by atoms with Gasteiger partial charge < -0.3 is 10.6 Å². The molecule has 0 spiro atoms. The number of rotatable bonds is 7. The van der Waals surface area contributed by atoms with Crippen LogP contribution in [0.1, 0.15) is 67.7 Å². The number of carbonyl (C=O) groups excluding carboxylic acids is 1. The van der Waals surface area contributed by atoms with Crippen molar-refractivity contribution in [1.29, 1.82) is 0 Å². The van der Waals surface area contributed by atoms with Crippen molar-refractivity contribution in [1.82, 2.24) is 10.6 Å². The van der Waals surface area contributed by atoms with Crippen LogP contribution in [0.4, 0.5) is 0 Å². The highest BCUT2D eigenvalue weighted by molar-refractivity contribution is 5.82. The van der Waals surface area contributed by atoms with Gasteiger partial charge in [-0.1, -0.05) is 27.2 Å². The van der Waals surface area contributed by atoms with Crippen LogP contribution in [0.15, 0.2) is 0 Å². The summed E-state index contributed by atoms with van der Waals surface area (Å²) in [4.78, 5) is 12.4. The molecule has 108 valence electrons. The Hall–Kier alpha value is -0.570. The minimum atomic E-state index is -0.364. The van der Waals surface area contributed by atoms with Crippen LogP contribution in [-0.4, -0.2) is 24.0 Å². The van der Waals surface area contributed by atoms with Gasteiger partial charge in [0.05, 0.1) is 0 Å². The monoisotopic (exact) mass is 256 g/mol. The van der Waals surface area contributed by atoms with Gasteiger partial charge in [0.1, 0.15) is 0 Å². The number of carbonyl (C=O) groups is 1. The quantitative estimate of drug-likeness (QED) is 0.735. The van der Waals surface area contributed by atoms with Crippen molar-refractivity contribution in [2.45, 2.75) is 78.8 Å². The fourth-order valence-electron chi connectivity index (χ4n) is 2.44. The van der Waals surface area contributed by atoms with Gasteiger partial charge in [0.15, 0.2) is 0 Å². The minimum Gasteiger partial charge on any atom is -0.351 e. The van der Waals surface area contributed by atoms with E-state index in [1.165, 1.54) is 0 Å². The molecule has 0 aromatic heterocycles. The van der Waals surface area contributed by atoms with E-state index in [-0.39, 0.29) is 22.4 Å². The molecule has 0 aliphatic rings. The van der Waals surface area contributed by atoms with Gasteiger partial charge >= 0.3 is 0 Å². The zero-order chi connectivity index (χ0) is 14.6. The van der Waals surface area contributed by atoms with Gasteiger partial charge in [-0.3, -0.25) is 4.79 Å². The van der Waals surface area contributed by atoms with Gasteiger partial charge in [-0.25, -0.2) is 0 Å². The predicted molar refractivity (Wildman–Crippen MR) is 78.7 cm³/mol. The summed E-state index contributed by atoms with van der Waals surface area (Å²) in [5.41, 5.74) is -0.514. The maximum Gasteiger partial charge on any atom is 0.226 e. The summed E-state index contributed by atoms with van der Waals surface area (Å²) >= 11 is 0. The molecule has 0 rings (SSSR count). The Kier molecular flexibility index (Phi) is 5.86. The second kappa shape index (κ2) is 6.05. The summed E-state index contributed by atoms with van der Waals surface area (Å²) < 4.78 is 0. The van der Waals surface area contributed by atoms with Crippen LogP contribution < -0.4 is 10.6 Å². The van der Waals surface area contributed by atoms with Crippen LogP contribution >= 0.6 is 0 Å². The normalized spacial score (nSPS) is 13.6. The Balaban J connectivity index is 4.67. The highest BCUT2D eigenvalue weighted by Crippen LogP contribution is 2.29. The third kappa shape index (κ3) is 5.85. The zero-order valence-electron chi connectivity index (χ0n) is 13.5. The van der Waals surface area contributed by atoms with Crippen molar-refractivity contribution in [2.75, 3.05) is 7.05 Å². The lowest BCUT2D eigenvalue weighted by Crippen LogP contribution is -2.52. The molecule has 0 fully saturated rings. The molecule has 0 bridgehead atoms. The number of amides is 1. The molecule has 18 heavy (non-hydrogen) atoms. The second-order valence-electron chi connectivity index (χ2n) is 7.28. The molecule has 3 heteroatoms. The molecule has 0 radical (unpaired) electrons. The Morgan fingerprint density at radius 3 is 1.89 bits per heavy atom. The Morgan fingerprint density at radius 1 is 1.00 bits per heavy atom. The molecule has 0 heterocycles. The Morgan fingerprint density at radius 2 is 1.50 bits per heavy atom. The van der Waals surface area contributed by atoms with Crippen molar-refractivity contribution in [3.05, 3.63) is 0 Å². The van der Waals surface area contributed by atoms with E-state index in [1.54, 1.807) is 0 Å². The first-order valence-corrected chi connectivity index (χ1v) is 6.97. The number of hydrogen-bond acceptors (Lipinski definition) is 2. The largest absolute Gasteiger partial charge is 0.351 e. The molecule has 0 saturated carbocycles. The maximum absolute atomic E-state index is 12.4. The Labute approximate surface area is 113 Å². The predicted octanol–water partition coefficient (Wildman–Crippen LogP) is 3.10. The third-order valence-electron chi connectivity index (χ3n) is 3.50. The molecular formula is C15H32N2O. The zero-order valence-corrected chi connectivity index (χ0v) is 13.5. The van der Waals surface area contributed by atoms with Crippen LogP contribution in [0.3, 0.4) is 0 Å². The second-order valence-corrected chi connectivity index (χ2v) is 7.28. The van der Waals surface area contributed by atoms with Gasteiger partial charge in [-0.2, -0.15) is 0 Å². The first kappa shape index (κ1) is 17.4. The van der Waals surface area contributed by atoms with E-state index in [0.717, 1.165) is 19.3 Å². The lowest BCUT2D eigenvalue weighted by Gasteiger charge is -2.36. The van der Waals surface area contributed by atoms with E-state index in [4.69, 9.17) is 0 Å². The fourth-order valence-corrected chi connectivity index (χ4v) is 2.44. The van der Waals surface area contributed by atoms with E-state index in [1.807, 2.05) is 20.9 Å². The van der Waals surface area contributed by atoms with Crippen LogP contribution in [0.25, 0.3) is 0 Å². The highest BCUT2D eigenvalue weighted by atomic mass is 16.2. The molecule has 0 aliphatic carbocycles. The lowest BCUT2D eigenvalue weighted by molar-refractivity contribution is -0.132. The highest BCUT2D eigenvalue weighted by Gasteiger charge is 2.36. The van der Waals surface area contributed by atoms with E-state index in [0.29, 0.717) is 0 Å². The van der Waals surface area contributed by atoms with Crippen molar-refractivity contribution in [3.63, 3.8) is 0 Å². The van der Waals surface area contributed by atoms with Crippen molar-refractivity contribution >= 4 is 5.91 Å². The molecule has 0 atom stereocenters. The number of nitrogens with one attached hydrogen (secondary N) is 2. The molecule has 3 nitrogen and oxygen atoms in total. The van der Waals surface area contributed by atoms with Gasteiger partial charge in [0, 0.05) is 16.5 Å². The standard InChI is InChI=1S/C15H32N2O/c1-9-10-14(4,5)17-12(18)13(2,3)11-15(6,7)16-8/h16H,9-11H2,1-8H3,(H,17,18). The van der Waals surface area contributed by atoms with E-state index in [2.05, 4.69) is 45.3 Å². The summed E-state index contributed by atoms with van der Waals surface area (Å²) in [6, 6.07) is 0. The number of hydrogen-bond donors (Lipinski definition) is 2. The molecule has 0 aromatic rings. The summed E-state index contributed by atoms with van der Waals surface area (Å²) in [6.45, 7) is 14.6. The first-order valence-electron chi connectivity index (χ1n) is 6.97. The molecule has 1 amide bonds. The van der Waals surface area contributed by atoms with Crippen molar-refractivity contribution in [2.24, 2.45) is 5.41 Å². The molecular weight excluding hydrogens is 224 g/mol. The van der Waals surface area contributed by atoms with Crippen molar-refractivity contribution in [3.8, 4) is 0 Å². The average molecular weight is 256 g/mol. The van der Waals surface area contributed by atoms with Crippen molar-refractivity contribution < 1.29 is 4.79 Å². The molecule has 0 aliphatic heterocycles. The average Bonchev–Trinajstić information content (AvgIpc) is 2.15. The Bertz CT molecular complexity index is 280. The summed E-state index contributed by atoms with van der Waals surface area (Å²) in [5.74, 6) is 0.143. The van der Waals surface area contributed by atoms with Gasteiger partial charge in [-0.05, 0) is 47.6 Å². The summed E-state index contributed by atoms with van der Waals surface area (Å²) in [6.07, 6.45) is 2.89. The lowest BCUT2D eigenvalue weighted by atomic mass is 9.78. The summed E-state index contributed by atoms with van der Waals surface area (Å²) in [7, 11) is 1.94. The molecule has 0 unspecified atom stereocenters. The minimum absolute atomic E-state index is 0.0320. The van der Waals surface area contributed by atoms with Gasteiger partial charge in [0.25, 0.3) is 0 Å². The molecule has 0 aromatic carbocycles.